The molecule has 2 atom stereocenters. The molecule has 0 aromatic heterocycles. The van der Waals surface area contributed by atoms with Gasteiger partial charge in [0.25, 0.3) is 0 Å². The average Bonchev–Trinajstić information content (AvgIpc) is 2.89. The highest BCUT2D eigenvalue weighted by molar-refractivity contribution is 5.91. The first-order valence-electron chi connectivity index (χ1n) is 7.88. The van der Waals surface area contributed by atoms with Gasteiger partial charge >= 0.3 is 0 Å². The number of carbonyl (C=O) groups excluding carboxylic acids is 2. The normalized spacial score (nSPS) is 25.6. The lowest BCUT2D eigenvalue weighted by atomic mass is 10.1. The van der Waals surface area contributed by atoms with Crippen LogP contribution in [0.5, 0.6) is 0 Å². The number of benzene rings is 1. The molecule has 2 fully saturated rings. The summed E-state index contributed by atoms with van der Waals surface area (Å²) >= 11 is 0. The number of rotatable bonds is 3. The number of morpholine rings is 1. The van der Waals surface area contributed by atoms with Crippen LogP contribution in [0.3, 0.4) is 0 Å². The van der Waals surface area contributed by atoms with Crippen molar-refractivity contribution < 1.29 is 14.3 Å². The number of likely N-dealkylation sites (tertiary alicyclic amines) is 1. The fourth-order valence-corrected chi connectivity index (χ4v) is 3.21. The molecule has 0 bridgehead atoms. The van der Waals surface area contributed by atoms with Crippen LogP contribution in [0.4, 0.5) is 0 Å². The smallest absolute Gasteiger partial charge is 0.245 e. The molecular weight excluding hydrogens is 280 g/mol. The molecule has 0 saturated carbocycles. The number of hydrogen-bond acceptors (Lipinski definition) is 3. The predicted octanol–water partition coefficient (Wildman–Crippen LogP) is 1.42. The van der Waals surface area contributed by atoms with Crippen molar-refractivity contribution in [3.63, 3.8) is 0 Å². The lowest BCUT2D eigenvalue weighted by Crippen LogP contribution is -2.53. The molecule has 118 valence electrons. The van der Waals surface area contributed by atoms with E-state index in [1.807, 2.05) is 42.2 Å². The molecule has 0 radical (unpaired) electrons. The quantitative estimate of drug-likeness (QED) is 0.848. The summed E-state index contributed by atoms with van der Waals surface area (Å²) in [5.74, 6) is 0.140. The molecule has 2 saturated heterocycles. The van der Waals surface area contributed by atoms with Crippen molar-refractivity contribution in [2.75, 3.05) is 19.8 Å². The van der Waals surface area contributed by atoms with Crippen LogP contribution in [0, 0.1) is 0 Å². The monoisotopic (exact) mass is 302 g/mol. The standard InChI is InChI=1S/C17H22N2O3/c1-13-12-22-10-9-18(13)17(21)15-7-8-16(20)19(15)11-14-5-3-2-4-6-14/h2-6,13,15H,7-12H2,1H3. The Morgan fingerprint density at radius 2 is 2.09 bits per heavy atom. The minimum Gasteiger partial charge on any atom is -0.377 e. The van der Waals surface area contributed by atoms with Crippen molar-refractivity contribution in [1.29, 1.82) is 0 Å². The number of nitrogens with zero attached hydrogens (tertiary/aromatic N) is 2. The highest BCUT2D eigenvalue weighted by Gasteiger charge is 2.39. The van der Waals surface area contributed by atoms with Crippen LogP contribution in [-0.2, 0) is 20.9 Å². The van der Waals surface area contributed by atoms with Gasteiger partial charge in [0, 0.05) is 19.5 Å². The Bertz CT molecular complexity index is 546. The lowest BCUT2D eigenvalue weighted by molar-refractivity contribution is -0.147. The topological polar surface area (TPSA) is 49.9 Å². The Hall–Kier alpha value is -1.88. The molecule has 2 amide bonds. The Balaban J connectivity index is 1.74. The number of hydrogen-bond donors (Lipinski definition) is 0. The first kappa shape index (κ1) is 15.0. The van der Waals surface area contributed by atoms with E-state index < -0.39 is 0 Å². The van der Waals surface area contributed by atoms with E-state index in [-0.39, 0.29) is 23.9 Å². The second-order valence-electron chi connectivity index (χ2n) is 6.02. The Kier molecular flexibility index (Phi) is 4.43. The van der Waals surface area contributed by atoms with Gasteiger partial charge in [-0.2, -0.15) is 0 Å². The van der Waals surface area contributed by atoms with E-state index in [1.165, 1.54) is 0 Å². The van der Waals surface area contributed by atoms with Crippen molar-refractivity contribution in [2.45, 2.75) is 38.4 Å². The van der Waals surface area contributed by atoms with Gasteiger partial charge in [-0.15, -0.1) is 0 Å². The molecule has 0 aliphatic carbocycles. The van der Waals surface area contributed by atoms with Crippen molar-refractivity contribution in [1.82, 2.24) is 9.80 Å². The highest BCUT2D eigenvalue weighted by Crippen LogP contribution is 2.24. The van der Waals surface area contributed by atoms with Gasteiger partial charge in [-0.05, 0) is 18.9 Å². The van der Waals surface area contributed by atoms with Gasteiger partial charge in [-0.3, -0.25) is 9.59 Å². The molecule has 0 spiro atoms. The summed E-state index contributed by atoms with van der Waals surface area (Å²) in [5, 5.41) is 0. The minimum atomic E-state index is -0.326. The Morgan fingerprint density at radius 3 is 2.82 bits per heavy atom. The summed E-state index contributed by atoms with van der Waals surface area (Å²) in [6, 6.07) is 9.60. The molecular formula is C17H22N2O3. The van der Waals surface area contributed by atoms with Crippen molar-refractivity contribution in [3.8, 4) is 0 Å². The van der Waals surface area contributed by atoms with Gasteiger partial charge in [0.05, 0.1) is 19.3 Å². The molecule has 5 nitrogen and oxygen atoms in total. The Labute approximate surface area is 130 Å². The zero-order valence-electron chi connectivity index (χ0n) is 12.9. The summed E-state index contributed by atoms with van der Waals surface area (Å²) < 4.78 is 5.39. The number of ether oxygens (including phenoxy) is 1. The van der Waals surface area contributed by atoms with Gasteiger partial charge in [0.2, 0.25) is 11.8 Å². The Morgan fingerprint density at radius 1 is 1.32 bits per heavy atom. The van der Waals surface area contributed by atoms with Crippen molar-refractivity contribution in [2.24, 2.45) is 0 Å². The van der Waals surface area contributed by atoms with Gasteiger partial charge in [0.1, 0.15) is 6.04 Å². The molecule has 0 N–H and O–H groups in total. The maximum atomic E-state index is 12.8. The zero-order chi connectivity index (χ0) is 15.5. The fraction of sp³-hybridized carbons (Fsp3) is 0.529. The molecule has 2 heterocycles. The minimum absolute atomic E-state index is 0.0672. The molecule has 2 unspecified atom stereocenters. The van der Waals surface area contributed by atoms with E-state index in [0.29, 0.717) is 39.1 Å². The van der Waals surface area contributed by atoms with E-state index in [1.54, 1.807) is 4.90 Å². The van der Waals surface area contributed by atoms with Crippen LogP contribution < -0.4 is 0 Å². The molecule has 3 rings (SSSR count). The van der Waals surface area contributed by atoms with E-state index in [2.05, 4.69) is 0 Å². The largest absolute Gasteiger partial charge is 0.377 e. The summed E-state index contributed by atoms with van der Waals surface area (Å²) in [6.07, 6.45) is 1.08. The fourth-order valence-electron chi connectivity index (χ4n) is 3.21. The summed E-state index contributed by atoms with van der Waals surface area (Å²) in [5.41, 5.74) is 1.06. The summed E-state index contributed by atoms with van der Waals surface area (Å²) in [6.45, 7) is 4.27. The van der Waals surface area contributed by atoms with Crippen LogP contribution in [-0.4, -0.2) is 53.5 Å². The van der Waals surface area contributed by atoms with Crippen molar-refractivity contribution >= 4 is 11.8 Å². The average molecular weight is 302 g/mol. The zero-order valence-corrected chi connectivity index (χ0v) is 12.9. The first-order valence-corrected chi connectivity index (χ1v) is 7.88. The van der Waals surface area contributed by atoms with Gasteiger partial charge < -0.3 is 14.5 Å². The summed E-state index contributed by atoms with van der Waals surface area (Å²) in [7, 11) is 0. The molecule has 22 heavy (non-hydrogen) atoms. The second kappa shape index (κ2) is 6.48. The number of carbonyl (C=O) groups is 2. The van der Waals surface area contributed by atoms with E-state index >= 15 is 0 Å². The van der Waals surface area contributed by atoms with Crippen LogP contribution >= 0.6 is 0 Å². The predicted molar refractivity (Wildman–Crippen MR) is 82.0 cm³/mol. The second-order valence-corrected chi connectivity index (χ2v) is 6.02. The number of amides is 2. The first-order chi connectivity index (χ1) is 10.7. The third-order valence-electron chi connectivity index (χ3n) is 4.46. The van der Waals surface area contributed by atoms with Crippen LogP contribution in [0.2, 0.25) is 0 Å². The molecule has 1 aromatic rings. The lowest BCUT2D eigenvalue weighted by Gasteiger charge is -2.37. The van der Waals surface area contributed by atoms with Crippen LogP contribution in [0.25, 0.3) is 0 Å². The van der Waals surface area contributed by atoms with E-state index in [4.69, 9.17) is 4.74 Å². The van der Waals surface area contributed by atoms with Crippen LogP contribution in [0.1, 0.15) is 25.3 Å². The third kappa shape index (κ3) is 2.99. The van der Waals surface area contributed by atoms with Crippen LogP contribution in [0.15, 0.2) is 30.3 Å². The van der Waals surface area contributed by atoms with E-state index in [0.717, 1.165) is 5.56 Å². The van der Waals surface area contributed by atoms with Gasteiger partial charge in [-0.1, -0.05) is 30.3 Å². The molecule has 2 aliphatic rings. The molecule has 1 aromatic carbocycles. The maximum absolute atomic E-state index is 12.8. The molecule has 5 heteroatoms. The maximum Gasteiger partial charge on any atom is 0.245 e. The van der Waals surface area contributed by atoms with Gasteiger partial charge in [-0.25, -0.2) is 0 Å². The SMILES string of the molecule is CC1COCCN1C(=O)C1CCC(=O)N1Cc1ccccc1. The highest BCUT2D eigenvalue weighted by atomic mass is 16.5. The third-order valence-corrected chi connectivity index (χ3v) is 4.46. The molecule has 2 aliphatic heterocycles. The van der Waals surface area contributed by atoms with E-state index in [9.17, 15) is 9.59 Å². The van der Waals surface area contributed by atoms with Gasteiger partial charge in [0.15, 0.2) is 0 Å². The summed E-state index contributed by atoms with van der Waals surface area (Å²) in [4.78, 5) is 28.6. The van der Waals surface area contributed by atoms with Crippen molar-refractivity contribution in [3.05, 3.63) is 35.9 Å².